The summed E-state index contributed by atoms with van der Waals surface area (Å²) < 4.78 is 0. The number of benzene rings is 2. The molecule has 0 atom stereocenters. The Morgan fingerprint density at radius 2 is 0.587 bits per heavy atom. The van der Waals surface area contributed by atoms with Crippen molar-refractivity contribution in [3.05, 3.63) is 59.7 Å². The average Bonchev–Trinajstić information content (AvgIpc) is 3.08. The predicted octanol–water partition coefficient (Wildman–Crippen LogP) is 13.6. The highest BCUT2D eigenvalue weighted by Gasteiger charge is 2.15. The van der Waals surface area contributed by atoms with E-state index in [1.165, 1.54) is 190 Å². The van der Waals surface area contributed by atoms with E-state index in [2.05, 4.69) is 86.0 Å². The second-order valence-corrected chi connectivity index (χ2v) is 14.2. The Morgan fingerprint density at radius 1 is 0.326 bits per heavy atom. The van der Waals surface area contributed by atoms with Crippen molar-refractivity contribution in [2.24, 2.45) is 0 Å². The quantitative estimate of drug-likeness (QED) is 0.0763. The van der Waals surface area contributed by atoms with Gasteiger partial charge in [0.25, 0.3) is 0 Å². The fourth-order valence-corrected chi connectivity index (χ4v) is 6.97. The summed E-state index contributed by atoms with van der Waals surface area (Å²) in [5.41, 5.74) is 5.94. The van der Waals surface area contributed by atoms with Gasteiger partial charge in [0.2, 0.25) is 0 Å². The summed E-state index contributed by atoms with van der Waals surface area (Å²) in [6.07, 6.45) is 30.1. The van der Waals surface area contributed by atoms with Gasteiger partial charge in [0.15, 0.2) is 0 Å². The lowest BCUT2D eigenvalue weighted by Gasteiger charge is -2.26. The Balaban J connectivity index is 2.15. The van der Waals surface area contributed by atoms with Crippen LogP contribution in [0.2, 0.25) is 0 Å². The molecular weight excluding hydrogens is 556 g/mol. The normalized spacial score (nSPS) is 11.7. The van der Waals surface area contributed by atoms with Gasteiger partial charge in [0.1, 0.15) is 0 Å². The van der Waals surface area contributed by atoms with Gasteiger partial charge in [0.05, 0.1) is 0 Å². The molecule has 0 saturated heterocycles. The van der Waals surface area contributed by atoms with Crippen LogP contribution >= 0.6 is 0 Å². The monoisotopic (exact) mass is 633 g/mol. The van der Waals surface area contributed by atoms with Crippen molar-refractivity contribution < 1.29 is 0 Å². The maximum Gasteiger partial charge on any atom is 0.0239 e. The molecule has 0 N–H and O–H groups in total. The molecule has 2 aromatic carbocycles. The van der Waals surface area contributed by atoms with Gasteiger partial charge >= 0.3 is 0 Å². The summed E-state index contributed by atoms with van der Waals surface area (Å²) in [4.78, 5) is 5.57. The van der Waals surface area contributed by atoms with Gasteiger partial charge in [-0.15, -0.1) is 0 Å². The van der Waals surface area contributed by atoms with E-state index in [4.69, 9.17) is 0 Å². The molecule has 2 rings (SSSR count). The lowest BCUT2D eigenvalue weighted by Crippen LogP contribution is -2.27. The fourth-order valence-electron chi connectivity index (χ4n) is 6.97. The number of rotatable bonds is 31. The molecule has 46 heavy (non-hydrogen) atoms. The number of nitrogens with zero attached hydrogens (tertiary/aromatic N) is 2. The Kier molecular flexibility index (Phi) is 25.0. The molecule has 0 aliphatic rings. The largest absolute Gasteiger partial charge is 0.299 e. The minimum Gasteiger partial charge on any atom is -0.299 e. The highest BCUT2D eigenvalue weighted by atomic mass is 15.1. The second kappa shape index (κ2) is 28.4. The Morgan fingerprint density at radius 3 is 0.891 bits per heavy atom. The summed E-state index contributed by atoms with van der Waals surface area (Å²) in [6, 6.07) is 18.7. The fraction of sp³-hybridized carbons (Fsp3) is 0.727. The van der Waals surface area contributed by atoms with E-state index in [1.54, 1.807) is 0 Å². The van der Waals surface area contributed by atoms with Crippen molar-refractivity contribution in [1.29, 1.82) is 0 Å². The minimum absolute atomic E-state index is 1.08. The standard InChI is InChI=1S/C44H76N2/c1-5-9-13-17-21-29-37-45(35-27-19-15-11-7-3)39-41-31-23-25-33-43(41)44-34-26-24-32-42(44)40-46(36-28-20-16-12-8-4)38-30-22-18-14-10-6-2/h23-26,31-34H,5-22,27-30,35-40H2,1-4H3. The van der Waals surface area contributed by atoms with E-state index < -0.39 is 0 Å². The molecule has 0 heterocycles. The van der Waals surface area contributed by atoms with Crippen molar-refractivity contribution in [2.75, 3.05) is 26.2 Å². The molecule has 2 heteroatoms. The molecule has 0 aromatic heterocycles. The second-order valence-electron chi connectivity index (χ2n) is 14.2. The summed E-state index contributed by atoms with van der Waals surface area (Å²) >= 11 is 0. The smallest absolute Gasteiger partial charge is 0.0239 e. The van der Waals surface area contributed by atoms with E-state index in [-0.39, 0.29) is 0 Å². The summed E-state index contributed by atoms with van der Waals surface area (Å²) in [5.74, 6) is 0. The summed E-state index contributed by atoms with van der Waals surface area (Å²) in [5, 5.41) is 0. The zero-order chi connectivity index (χ0) is 32.9. The van der Waals surface area contributed by atoms with Crippen molar-refractivity contribution in [1.82, 2.24) is 9.80 Å². The van der Waals surface area contributed by atoms with E-state index in [0.29, 0.717) is 0 Å². The molecule has 0 aliphatic heterocycles. The third-order valence-electron chi connectivity index (χ3n) is 9.92. The molecule has 0 unspecified atom stereocenters. The predicted molar refractivity (Wildman–Crippen MR) is 207 cm³/mol. The SMILES string of the molecule is CCCCCCCCN(CCCCCCC)Cc1ccccc1-c1ccccc1CN(CCCCCCC)CCCCCCCC. The summed E-state index contributed by atoms with van der Waals surface area (Å²) in [6.45, 7) is 16.4. The number of hydrogen-bond donors (Lipinski definition) is 0. The highest BCUT2D eigenvalue weighted by Crippen LogP contribution is 2.30. The first kappa shape index (κ1) is 40.5. The molecule has 0 bridgehead atoms. The molecule has 2 nitrogen and oxygen atoms in total. The van der Waals surface area contributed by atoms with Crippen LogP contribution in [0.15, 0.2) is 48.5 Å². The molecule has 0 spiro atoms. The highest BCUT2D eigenvalue weighted by molar-refractivity contribution is 5.70. The lowest BCUT2D eigenvalue weighted by atomic mass is 9.94. The lowest BCUT2D eigenvalue weighted by molar-refractivity contribution is 0.251. The minimum atomic E-state index is 1.08. The molecule has 0 radical (unpaired) electrons. The first-order valence-corrected chi connectivity index (χ1v) is 20.3. The van der Waals surface area contributed by atoms with Crippen LogP contribution in [0.25, 0.3) is 11.1 Å². The van der Waals surface area contributed by atoms with Gasteiger partial charge < -0.3 is 0 Å². The zero-order valence-electron chi connectivity index (χ0n) is 31.3. The Bertz CT molecular complexity index is 875. The van der Waals surface area contributed by atoms with Crippen molar-refractivity contribution in [3.8, 4) is 11.1 Å². The first-order chi connectivity index (χ1) is 22.7. The molecule has 2 aromatic rings. The van der Waals surface area contributed by atoms with Crippen LogP contribution in [0, 0.1) is 0 Å². The van der Waals surface area contributed by atoms with Gasteiger partial charge in [-0.2, -0.15) is 0 Å². The zero-order valence-corrected chi connectivity index (χ0v) is 31.3. The summed E-state index contributed by atoms with van der Waals surface area (Å²) in [7, 11) is 0. The van der Waals surface area contributed by atoms with Crippen molar-refractivity contribution in [2.45, 2.75) is 182 Å². The maximum absolute atomic E-state index is 2.79. The topological polar surface area (TPSA) is 6.48 Å². The van der Waals surface area contributed by atoms with Crippen LogP contribution in [0.3, 0.4) is 0 Å². The maximum atomic E-state index is 2.79. The third-order valence-corrected chi connectivity index (χ3v) is 9.92. The molecule has 0 fully saturated rings. The van der Waals surface area contributed by atoms with Crippen LogP contribution < -0.4 is 0 Å². The number of hydrogen-bond acceptors (Lipinski definition) is 2. The van der Waals surface area contributed by atoms with Gasteiger partial charge in [-0.05, 0) is 74.1 Å². The third kappa shape index (κ3) is 18.6. The van der Waals surface area contributed by atoms with Crippen LogP contribution in [-0.2, 0) is 13.1 Å². The average molecular weight is 633 g/mol. The Labute approximate surface area is 288 Å². The van der Waals surface area contributed by atoms with Crippen LogP contribution in [0.5, 0.6) is 0 Å². The van der Waals surface area contributed by atoms with E-state index in [9.17, 15) is 0 Å². The van der Waals surface area contributed by atoms with E-state index >= 15 is 0 Å². The molecule has 262 valence electrons. The molecule has 0 aliphatic carbocycles. The first-order valence-electron chi connectivity index (χ1n) is 20.3. The van der Waals surface area contributed by atoms with Crippen LogP contribution in [-0.4, -0.2) is 36.0 Å². The number of unbranched alkanes of at least 4 members (excludes halogenated alkanes) is 18. The van der Waals surface area contributed by atoms with E-state index in [0.717, 1.165) is 13.1 Å². The van der Waals surface area contributed by atoms with Crippen LogP contribution in [0.1, 0.15) is 180 Å². The Hall–Kier alpha value is -1.64. The molecule has 0 amide bonds. The van der Waals surface area contributed by atoms with E-state index in [1.807, 2.05) is 0 Å². The van der Waals surface area contributed by atoms with Crippen LogP contribution in [0.4, 0.5) is 0 Å². The van der Waals surface area contributed by atoms with Crippen molar-refractivity contribution in [3.63, 3.8) is 0 Å². The van der Waals surface area contributed by atoms with Gasteiger partial charge in [0, 0.05) is 13.1 Å². The molecular formula is C44H76N2. The van der Waals surface area contributed by atoms with Gasteiger partial charge in [-0.25, -0.2) is 0 Å². The van der Waals surface area contributed by atoms with Gasteiger partial charge in [-0.3, -0.25) is 9.80 Å². The molecule has 0 saturated carbocycles. The van der Waals surface area contributed by atoms with Gasteiger partial charge in [-0.1, -0.05) is 192 Å². The van der Waals surface area contributed by atoms with Crippen molar-refractivity contribution >= 4 is 0 Å².